The number of rotatable bonds is 3. The summed E-state index contributed by atoms with van der Waals surface area (Å²) in [7, 11) is 0. The van der Waals surface area contributed by atoms with Crippen molar-refractivity contribution in [2.24, 2.45) is 0 Å². The highest BCUT2D eigenvalue weighted by Crippen LogP contribution is 2.22. The Morgan fingerprint density at radius 3 is 1.92 bits per heavy atom. The third kappa shape index (κ3) is 3.68. The predicted molar refractivity (Wildman–Crippen MR) is 92.3 cm³/mol. The Balaban J connectivity index is 0.00000100. The molecule has 1 fully saturated rings. The Bertz CT molecular complexity index is 714. The number of urea groups is 1. The van der Waals surface area contributed by atoms with Crippen molar-refractivity contribution in [3.05, 3.63) is 66.2 Å². The lowest BCUT2D eigenvalue weighted by Crippen LogP contribution is -2.54. The molecule has 1 heterocycles. The summed E-state index contributed by atoms with van der Waals surface area (Å²) >= 11 is 0. The first-order valence-electron chi connectivity index (χ1n) is 7.93. The molecule has 0 unspecified atom stereocenters. The first kappa shape index (κ1) is 17.4. The zero-order valence-corrected chi connectivity index (χ0v) is 13.8. The van der Waals surface area contributed by atoms with E-state index in [0.717, 1.165) is 15.4 Å². The fraction of sp³-hybridized carbons (Fsp3) is 0.211. The summed E-state index contributed by atoms with van der Waals surface area (Å²) in [5, 5.41) is 0. The topological polar surface area (TPSA) is 57.7 Å². The number of carbonyl (C=O) groups is 3. The molecule has 1 saturated heterocycles. The van der Waals surface area contributed by atoms with Gasteiger partial charge in [0, 0.05) is 0 Å². The molecule has 24 heavy (non-hydrogen) atoms. The summed E-state index contributed by atoms with van der Waals surface area (Å²) in [6, 6.07) is 17.3. The van der Waals surface area contributed by atoms with Gasteiger partial charge < -0.3 is 0 Å². The minimum Gasteiger partial charge on any atom is -0.274 e. The second-order valence-corrected chi connectivity index (χ2v) is 4.99. The first-order valence-corrected chi connectivity index (χ1v) is 7.93. The fourth-order valence-electron chi connectivity index (χ4n) is 2.39. The maximum Gasteiger partial charge on any atom is 0.338 e. The van der Waals surface area contributed by atoms with E-state index >= 15 is 0 Å². The standard InChI is InChI=1S/C17H14N2O3.C2H6/c20-15-11-16(21)19(14-9-5-2-6-10-14)17(22)18(15)12-13-7-3-1-4-8-13;1-2/h1-10H,11-12H2;1-2H3. The molecule has 0 bridgehead atoms. The van der Waals surface area contributed by atoms with Gasteiger partial charge in [-0.3, -0.25) is 14.5 Å². The van der Waals surface area contributed by atoms with Crippen molar-refractivity contribution in [2.75, 3.05) is 4.90 Å². The van der Waals surface area contributed by atoms with E-state index in [0.29, 0.717) is 5.69 Å². The van der Waals surface area contributed by atoms with Gasteiger partial charge in [0.15, 0.2) is 0 Å². The lowest BCUT2D eigenvalue weighted by molar-refractivity contribution is -0.135. The molecule has 5 heteroatoms. The van der Waals surface area contributed by atoms with E-state index in [9.17, 15) is 14.4 Å². The van der Waals surface area contributed by atoms with Gasteiger partial charge >= 0.3 is 6.03 Å². The van der Waals surface area contributed by atoms with E-state index in [1.165, 1.54) is 0 Å². The van der Waals surface area contributed by atoms with E-state index in [4.69, 9.17) is 0 Å². The molecule has 0 N–H and O–H groups in total. The number of hydrogen-bond donors (Lipinski definition) is 0. The van der Waals surface area contributed by atoms with Crippen LogP contribution in [0.25, 0.3) is 0 Å². The van der Waals surface area contributed by atoms with Crippen LogP contribution in [0.1, 0.15) is 25.8 Å². The van der Waals surface area contributed by atoms with Gasteiger partial charge in [-0.15, -0.1) is 0 Å². The molecule has 0 saturated carbocycles. The third-order valence-electron chi connectivity index (χ3n) is 3.47. The van der Waals surface area contributed by atoms with Crippen molar-refractivity contribution >= 4 is 23.5 Å². The average molecular weight is 324 g/mol. The molecule has 2 aromatic rings. The maximum atomic E-state index is 12.6. The molecule has 2 aromatic carbocycles. The Labute approximate surface area is 141 Å². The Hall–Kier alpha value is -2.95. The summed E-state index contributed by atoms with van der Waals surface area (Å²) in [5.74, 6) is -0.962. The summed E-state index contributed by atoms with van der Waals surface area (Å²) in [6.45, 7) is 4.16. The van der Waals surface area contributed by atoms with Gasteiger partial charge in [0.1, 0.15) is 6.42 Å². The lowest BCUT2D eigenvalue weighted by Gasteiger charge is -2.32. The average Bonchev–Trinajstić information content (AvgIpc) is 2.62. The summed E-state index contributed by atoms with van der Waals surface area (Å²) in [6.07, 6.45) is -0.298. The van der Waals surface area contributed by atoms with Crippen LogP contribution in [0, 0.1) is 0 Å². The number of barbiturate groups is 1. The van der Waals surface area contributed by atoms with Crippen LogP contribution < -0.4 is 4.90 Å². The summed E-state index contributed by atoms with van der Waals surface area (Å²) < 4.78 is 0. The van der Waals surface area contributed by atoms with Crippen LogP contribution in [0.5, 0.6) is 0 Å². The second kappa shape index (κ2) is 8.06. The highest BCUT2D eigenvalue weighted by molar-refractivity contribution is 6.26. The molecule has 0 aliphatic carbocycles. The number of para-hydroxylation sites is 1. The molecule has 0 aromatic heterocycles. The van der Waals surface area contributed by atoms with Crippen LogP contribution in [0.3, 0.4) is 0 Å². The van der Waals surface area contributed by atoms with E-state index in [2.05, 4.69) is 0 Å². The molecule has 0 atom stereocenters. The quantitative estimate of drug-likeness (QED) is 0.811. The highest BCUT2D eigenvalue weighted by atomic mass is 16.2. The van der Waals surface area contributed by atoms with Crippen molar-refractivity contribution in [2.45, 2.75) is 26.8 Å². The highest BCUT2D eigenvalue weighted by Gasteiger charge is 2.38. The lowest BCUT2D eigenvalue weighted by atomic mass is 10.1. The van der Waals surface area contributed by atoms with Crippen LogP contribution in [0.15, 0.2) is 60.7 Å². The Morgan fingerprint density at radius 2 is 1.33 bits per heavy atom. The molecule has 4 amide bonds. The van der Waals surface area contributed by atoms with Crippen molar-refractivity contribution in [3.8, 4) is 0 Å². The van der Waals surface area contributed by atoms with E-state index in [-0.39, 0.29) is 13.0 Å². The fourth-order valence-corrected chi connectivity index (χ4v) is 2.39. The van der Waals surface area contributed by atoms with Crippen molar-refractivity contribution in [1.82, 2.24) is 4.90 Å². The molecule has 1 aliphatic rings. The van der Waals surface area contributed by atoms with Gasteiger partial charge in [0.05, 0.1) is 12.2 Å². The molecule has 5 nitrogen and oxygen atoms in total. The zero-order valence-electron chi connectivity index (χ0n) is 13.8. The predicted octanol–water partition coefficient (Wildman–Crippen LogP) is 3.60. The Morgan fingerprint density at radius 1 is 0.792 bits per heavy atom. The number of imide groups is 2. The van der Waals surface area contributed by atoms with Crippen LogP contribution in [0.2, 0.25) is 0 Å². The first-order chi connectivity index (χ1) is 11.7. The number of hydrogen-bond acceptors (Lipinski definition) is 3. The number of carbonyl (C=O) groups excluding carboxylic acids is 3. The number of benzene rings is 2. The summed E-state index contributed by atoms with van der Waals surface area (Å²) in [4.78, 5) is 38.9. The molecular weight excluding hydrogens is 304 g/mol. The monoisotopic (exact) mass is 324 g/mol. The number of amides is 4. The van der Waals surface area contributed by atoms with Crippen LogP contribution in [0.4, 0.5) is 10.5 Å². The van der Waals surface area contributed by atoms with E-state index in [1.807, 2.05) is 44.2 Å². The van der Waals surface area contributed by atoms with Gasteiger partial charge in [0.2, 0.25) is 11.8 Å². The van der Waals surface area contributed by atoms with Crippen LogP contribution in [-0.2, 0) is 16.1 Å². The van der Waals surface area contributed by atoms with Crippen molar-refractivity contribution in [3.63, 3.8) is 0 Å². The zero-order chi connectivity index (χ0) is 17.5. The molecule has 0 radical (unpaired) electrons. The van der Waals surface area contributed by atoms with E-state index in [1.54, 1.807) is 30.3 Å². The van der Waals surface area contributed by atoms with Gasteiger partial charge in [-0.1, -0.05) is 62.4 Å². The van der Waals surface area contributed by atoms with Gasteiger partial charge in [-0.2, -0.15) is 0 Å². The minimum atomic E-state index is -0.601. The molecule has 3 rings (SSSR count). The van der Waals surface area contributed by atoms with Gasteiger partial charge in [-0.05, 0) is 17.7 Å². The van der Waals surface area contributed by atoms with Gasteiger partial charge in [0.25, 0.3) is 0 Å². The molecule has 1 aliphatic heterocycles. The van der Waals surface area contributed by atoms with Crippen LogP contribution in [-0.4, -0.2) is 22.7 Å². The molecule has 124 valence electrons. The molecule has 0 spiro atoms. The molecular formula is C19H20N2O3. The minimum absolute atomic E-state index is 0.162. The van der Waals surface area contributed by atoms with E-state index < -0.39 is 17.8 Å². The normalized spacial score (nSPS) is 14.3. The largest absolute Gasteiger partial charge is 0.338 e. The Kier molecular flexibility index (Phi) is 5.84. The maximum absolute atomic E-state index is 12.6. The SMILES string of the molecule is CC.O=C1CC(=O)N(c2ccccc2)C(=O)N1Cc1ccccc1. The van der Waals surface area contributed by atoms with Crippen molar-refractivity contribution in [1.29, 1.82) is 0 Å². The van der Waals surface area contributed by atoms with Crippen molar-refractivity contribution < 1.29 is 14.4 Å². The number of nitrogens with zero attached hydrogens (tertiary/aromatic N) is 2. The summed E-state index contributed by atoms with van der Waals surface area (Å²) in [5.41, 5.74) is 1.31. The number of anilines is 1. The third-order valence-corrected chi connectivity index (χ3v) is 3.47. The van der Waals surface area contributed by atoms with Crippen LogP contribution >= 0.6 is 0 Å². The second-order valence-electron chi connectivity index (χ2n) is 4.99. The smallest absolute Gasteiger partial charge is 0.274 e. The van der Waals surface area contributed by atoms with Gasteiger partial charge in [-0.25, -0.2) is 9.69 Å².